The third-order valence-corrected chi connectivity index (χ3v) is 3.57. The molecule has 5 nitrogen and oxygen atoms in total. The van der Waals surface area contributed by atoms with Crippen molar-refractivity contribution in [2.24, 2.45) is 5.41 Å². The molecule has 5 heteroatoms. The number of rotatable bonds is 4. The standard InChI is InChI=1S/C12H22N4O/c1-10(2)16-11(14-9-15-16)6-12(8-17)4-3-5-13-7-12/h9-10,13,17H,3-8H2,1-2H3. The molecule has 1 aromatic rings. The molecule has 0 spiro atoms. The van der Waals surface area contributed by atoms with Gasteiger partial charge >= 0.3 is 0 Å². The molecule has 0 bridgehead atoms. The maximum atomic E-state index is 9.67. The van der Waals surface area contributed by atoms with Gasteiger partial charge in [0, 0.05) is 24.4 Å². The molecular weight excluding hydrogens is 216 g/mol. The van der Waals surface area contributed by atoms with Crippen molar-refractivity contribution in [3.63, 3.8) is 0 Å². The summed E-state index contributed by atoms with van der Waals surface area (Å²) in [4.78, 5) is 4.34. The highest BCUT2D eigenvalue weighted by Crippen LogP contribution is 2.29. The van der Waals surface area contributed by atoms with Gasteiger partial charge in [-0.1, -0.05) is 0 Å². The Bertz CT molecular complexity index is 355. The minimum absolute atomic E-state index is 0.0576. The number of hydrogen-bond acceptors (Lipinski definition) is 4. The van der Waals surface area contributed by atoms with Crippen LogP contribution in [0, 0.1) is 5.41 Å². The van der Waals surface area contributed by atoms with Crippen LogP contribution in [0.15, 0.2) is 6.33 Å². The van der Waals surface area contributed by atoms with Crippen LogP contribution in [0.1, 0.15) is 38.6 Å². The Morgan fingerprint density at radius 1 is 1.59 bits per heavy atom. The fraction of sp³-hybridized carbons (Fsp3) is 0.833. The van der Waals surface area contributed by atoms with E-state index < -0.39 is 0 Å². The van der Waals surface area contributed by atoms with E-state index in [4.69, 9.17) is 0 Å². The minimum atomic E-state index is -0.0576. The Morgan fingerprint density at radius 3 is 3.00 bits per heavy atom. The number of aromatic nitrogens is 3. The number of nitrogens with one attached hydrogen (secondary N) is 1. The molecular formula is C12H22N4O. The minimum Gasteiger partial charge on any atom is -0.396 e. The molecule has 2 heterocycles. The van der Waals surface area contributed by atoms with Crippen LogP contribution < -0.4 is 5.32 Å². The van der Waals surface area contributed by atoms with Gasteiger partial charge in [0.15, 0.2) is 0 Å². The van der Waals surface area contributed by atoms with Crippen LogP contribution in [0.3, 0.4) is 0 Å². The van der Waals surface area contributed by atoms with Crippen LogP contribution >= 0.6 is 0 Å². The summed E-state index contributed by atoms with van der Waals surface area (Å²) < 4.78 is 1.95. The van der Waals surface area contributed by atoms with Crippen LogP contribution in [-0.2, 0) is 6.42 Å². The van der Waals surface area contributed by atoms with Crippen LogP contribution in [0.4, 0.5) is 0 Å². The van der Waals surface area contributed by atoms with E-state index in [2.05, 4.69) is 29.2 Å². The summed E-state index contributed by atoms with van der Waals surface area (Å²) in [5.74, 6) is 0.984. The third kappa shape index (κ3) is 2.66. The van der Waals surface area contributed by atoms with E-state index in [9.17, 15) is 5.11 Å². The van der Waals surface area contributed by atoms with Crippen molar-refractivity contribution in [3.05, 3.63) is 12.2 Å². The number of hydrogen-bond donors (Lipinski definition) is 2. The smallest absolute Gasteiger partial charge is 0.138 e. The van der Waals surface area contributed by atoms with E-state index >= 15 is 0 Å². The van der Waals surface area contributed by atoms with Gasteiger partial charge in [-0.3, -0.25) is 0 Å². The first kappa shape index (κ1) is 12.5. The summed E-state index contributed by atoms with van der Waals surface area (Å²) in [5, 5.41) is 17.3. The first-order chi connectivity index (χ1) is 8.17. The Labute approximate surface area is 102 Å². The molecule has 1 aromatic heterocycles. The van der Waals surface area contributed by atoms with Crippen LogP contribution in [-0.4, -0.2) is 39.6 Å². The predicted molar refractivity (Wildman–Crippen MR) is 65.7 cm³/mol. The number of nitrogens with zero attached hydrogens (tertiary/aromatic N) is 3. The molecule has 0 aromatic carbocycles. The zero-order chi connectivity index (χ0) is 12.3. The lowest BCUT2D eigenvalue weighted by molar-refractivity contribution is 0.0912. The molecule has 0 aliphatic carbocycles. The molecule has 0 saturated carbocycles. The number of aliphatic hydroxyl groups is 1. The van der Waals surface area contributed by atoms with Crippen molar-refractivity contribution in [1.29, 1.82) is 0 Å². The van der Waals surface area contributed by atoms with Gasteiger partial charge in [-0.25, -0.2) is 9.67 Å². The molecule has 1 aliphatic rings. The summed E-state index contributed by atoms with van der Waals surface area (Å²) in [7, 11) is 0. The second-order valence-corrected chi connectivity index (χ2v) is 5.33. The lowest BCUT2D eigenvalue weighted by Crippen LogP contribution is -2.44. The first-order valence-electron chi connectivity index (χ1n) is 6.37. The van der Waals surface area contributed by atoms with Crippen LogP contribution in [0.2, 0.25) is 0 Å². The van der Waals surface area contributed by atoms with Crippen molar-refractivity contribution >= 4 is 0 Å². The van der Waals surface area contributed by atoms with Gasteiger partial charge in [0.25, 0.3) is 0 Å². The maximum absolute atomic E-state index is 9.67. The Morgan fingerprint density at radius 2 is 2.41 bits per heavy atom. The van der Waals surface area contributed by atoms with E-state index in [1.165, 1.54) is 0 Å². The Balaban J connectivity index is 2.14. The molecule has 1 atom stereocenters. The van der Waals surface area contributed by atoms with Crippen molar-refractivity contribution in [1.82, 2.24) is 20.1 Å². The topological polar surface area (TPSA) is 63.0 Å². The van der Waals surface area contributed by atoms with Crippen LogP contribution in [0.5, 0.6) is 0 Å². The van der Waals surface area contributed by atoms with Crippen molar-refractivity contribution in [2.75, 3.05) is 19.7 Å². The van der Waals surface area contributed by atoms with E-state index in [0.29, 0.717) is 6.04 Å². The van der Waals surface area contributed by atoms with E-state index in [1.54, 1.807) is 6.33 Å². The zero-order valence-electron chi connectivity index (χ0n) is 10.7. The van der Waals surface area contributed by atoms with Crippen LogP contribution in [0.25, 0.3) is 0 Å². The second-order valence-electron chi connectivity index (χ2n) is 5.33. The SMILES string of the molecule is CC(C)n1ncnc1CC1(CO)CCCNC1. The first-order valence-corrected chi connectivity index (χ1v) is 6.37. The Kier molecular flexibility index (Phi) is 3.79. The lowest BCUT2D eigenvalue weighted by atomic mass is 9.78. The van der Waals surface area contributed by atoms with Crippen molar-refractivity contribution < 1.29 is 5.11 Å². The molecule has 0 amide bonds. The van der Waals surface area contributed by atoms with Gasteiger partial charge in [-0.2, -0.15) is 5.10 Å². The molecule has 17 heavy (non-hydrogen) atoms. The van der Waals surface area contributed by atoms with Gasteiger partial charge in [-0.05, 0) is 33.2 Å². The largest absolute Gasteiger partial charge is 0.396 e. The van der Waals surface area contributed by atoms with Gasteiger partial charge in [0.1, 0.15) is 12.2 Å². The number of aliphatic hydroxyl groups excluding tert-OH is 1. The normalized spacial score (nSPS) is 25.4. The number of piperidine rings is 1. The van der Waals surface area contributed by atoms with Gasteiger partial charge in [-0.15, -0.1) is 0 Å². The summed E-state index contributed by atoms with van der Waals surface area (Å²) >= 11 is 0. The molecule has 1 fully saturated rings. The van der Waals surface area contributed by atoms with Crippen molar-refractivity contribution in [3.8, 4) is 0 Å². The molecule has 1 aliphatic heterocycles. The highest BCUT2D eigenvalue weighted by Gasteiger charge is 2.33. The fourth-order valence-corrected chi connectivity index (χ4v) is 2.54. The highest BCUT2D eigenvalue weighted by molar-refractivity contribution is 4.97. The zero-order valence-corrected chi connectivity index (χ0v) is 10.7. The fourth-order valence-electron chi connectivity index (χ4n) is 2.54. The molecule has 2 rings (SSSR count). The summed E-state index contributed by atoms with van der Waals surface area (Å²) in [6, 6.07) is 0.319. The Hall–Kier alpha value is -0.940. The molecule has 1 saturated heterocycles. The van der Waals surface area contributed by atoms with E-state index in [0.717, 1.165) is 38.2 Å². The molecule has 96 valence electrons. The van der Waals surface area contributed by atoms with E-state index in [1.807, 2.05) is 4.68 Å². The summed E-state index contributed by atoms with van der Waals surface area (Å²) in [6.07, 6.45) is 4.59. The average molecular weight is 238 g/mol. The molecule has 1 unspecified atom stereocenters. The third-order valence-electron chi connectivity index (χ3n) is 3.57. The maximum Gasteiger partial charge on any atom is 0.138 e. The monoisotopic (exact) mass is 238 g/mol. The second kappa shape index (κ2) is 5.14. The van der Waals surface area contributed by atoms with Gasteiger partial charge in [0.2, 0.25) is 0 Å². The van der Waals surface area contributed by atoms with Gasteiger partial charge in [0.05, 0.1) is 6.61 Å². The average Bonchev–Trinajstić information content (AvgIpc) is 2.78. The highest BCUT2D eigenvalue weighted by atomic mass is 16.3. The summed E-state index contributed by atoms with van der Waals surface area (Å²) in [6.45, 7) is 6.34. The van der Waals surface area contributed by atoms with Crippen molar-refractivity contribution in [2.45, 2.75) is 39.2 Å². The van der Waals surface area contributed by atoms with Gasteiger partial charge < -0.3 is 10.4 Å². The molecule has 2 N–H and O–H groups in total. The molecule has 0 radical (unpaired) electrons. The predicted octanol–water partition coefficient (Wildman–Crippen LogP) is 0.764. The van der Waals surface area contributed by atoms with E-state index in [-0.39, 0.29) is 12.0 Å². The summed E-state index contributed by atoms with van der Waals surface area (Å²) in [5.41, 5.74) is -0.0576. The lowest BCUT2D eigenvalue weighted by Gasteiger charge is -2.35. The quantitative estimate of drug-likeness (QED) is 0.813.